The molecule has 0 aromatic carbocycles. The van der Waals surface area contributed by atoms with E-state index < -0.39 is 0 Å². The van der Waals surface area contributed by atoms with Gasteiger partial charge in [-0.3, -0.25) is 4.79 Å². The van der Waals surface area contributed by atoms with Gasteiger partial charge in [0.05, 0.1) is 0 Å². The number of esters is 1. The molecule has 0 aliphatic heterocycles. The number of allylic oxidation sites excluding steroid dienone is 5. The molecule has 0 aliphatic rings. The van der Waals surface area contributed by atoms with Gasteiger partial charge in [0.2, 0.25) is 0 Å². The smallest absolute Gasteiger partial charge is 0.302 e. The summed E-state index contributed by atoms with van der Waals surface area (Å²) >= 11 is 0. The molecule has 108 valence electrons. The van der Waals surface area contributed by atoms with E-state index in [0.717, 1.165) is 25.7 Å². The molecule has 0 heterocycles. The minimum absolute atomic E-state index is 0.223. The van der Waals surface area contributed by atoms with Crippen LogP contribution in [0.1, 0.15) is 60.3 Å². The number of hydrogen-bond acceptors (Lipinski definition) is 2. The first kappa shape index (κ1) is 17.7. The molecule has 2 heteroatoms. The number of carbonyl (C=O) groups is 1. The summed E-state index contributed by atoms with van der Waals surface area (Å²) < 4.78 is 4.88. The van der Waals surface area contributed by atoms with Crippen molar-refractivity contribution in [3.05, 3.63) is 34.9 Å². The minimum Gasteiger partial charge on any atom is -0.462 e. The van der Waals surface area contributed by atoms with Gasteiger partial charge in [-0.05, 0) is 59.5 Å². The summed E-state index contributed by atoms with van der Waals surface area (Å²) in [6.07, 6.45) is 10.9. The summed E-state index contributed by atoms with van der Waals surface area (Å²) in [5.74, 6) is -0.223. The third-order valence-electron chi connectivity index (χ3n) is 2.84. The standard InChI is InChI=1S/C17H28O2/c1-14(2)8-6-9-15(3)10-7-11-16(4)12-13-19-17(5)18/h8,10,12H,6-7,9,11,13H2,1-5H3/b15-10-,16-12-. The van der Waals surface area contributed by atoms with Gasteiger partial charge in [-0.2, -0.15) is 0 Å². The average Bonchev–Trinajstić information content (AvgIpc) is 2.27. The Kier molecular flexibility index (Phi) is 9.87. The Morgan fingerprint density at radius 1 is 0.842 bits per heavy atom. The van der Waals surface area contributed by atoms with Gasteiger partial charge in [-0.1, -0.05) is 28.9 Å². The molecule has 0 saturated heterocycles. The molecule has 0 spiro atoms. The predicted molar refractivity (Wildman–Crippen MR) is 82.0 cm³/mol. The largest absolute Gasteiger partial charge is 0.462 e. The molecule has 0 N–H and O–H groups in total. The van der Waals surface area contributed by atoms with Crippen molar-refractivity contribution >= 4 is 5.97 Å². The maximum absolute atomic E-state index is 10.6. The van der Waals surface area contributed by atoms with Gasteiger partial charge in [0.15, 0.2) is 0 Å². The van der Waals surface area contributed by atoms with Gasteiger partial charge in [-0.15, -0.1) is 0 Å². The summed E-state index contributed by atoms with van der Waals surface area (Å²) in [4.78, 5) is 10.6. The van der Waals surface area contributed by atoms with Crippen LogP contribution in [-0.4, -0.2) is 12.6 Å². The molecule has 0 saturated carbocycles. The number of rotatable bonds is 8. The quantitative estimate of drug-likeness (QED) is 0.457. The maximum atomic E-state index is 10.6. The Hall–Kier alpha value is -1.31. The summed E-state index contributed by atoms with van der Waals surface area (Å²) in [6.45, 7) is 10.4. The van der Waals surface area contributed by atoms with Crippen LogP contribution in [0.3, 0.4) is 0 Å². The molecule has 0 atom stereocenters. The molecular weight excluding hydrogens is 236 g/mol. The Balaban J connectivity index is 3.86. The van der Waals surface area contributed by atoms with E-state index in [2.05, 4.69) is 39.8 Å². The van der Waals surface area contributed by atoms with Gasteiger partial charge in [0.25, 0.3) is 0 Å². The predicted octanol–water partition coefficient (Wildman–Crippen LogP) is 4.97. The van der Waals surface area contributed by atoms with Crippen molar-refractivity contribution in [2.24, 2.45) is 0 Å². The van der Waals surface area contributed by atoms with Gasteiger partial charge in [0, 0.05) is 6.92 Å². The summed E-state index contributed by atoms with van der Waals surface area (Å²) in [5.41, 5.74) is 4.11. The first-order chi connectivity index (χ1) is 8.91. The van der Waals surface area contributed by atoms with Crippen molar-refractivity contribution < 1.29 is 9.53 Å². The van der Waals surface area contributed by atoms with E-state index in [4.69, 9.17) is 4.74 Å². The molecule has 0 bridgehead atoms. The van der Waals surface area contributed by atoms with Crippen molar-refractivity contribution in [3.63, 3.8) is 0 Å². The van der Waals surface area contributed by atoms with E-state index in [-0.39, 0.29) is 5.97 Å². The van der Waals surface area contributed by atoms with E-state index in [1.807, 2.05) is 6.08 Å². The molecule has 0 unspecified atom stereocenters. The Labute approximate surface area is 118 Å². The Morgan fingerprint density at radius 2 is 1.37 bits per heavy atom. The zero-order chi connectivity index (χ0) is 14.7. The minimum atomic E-state index is -0.223. The monoisotopic (exact) mass is 264 g/mol. The van der Waals surface area contributed by atoms with Crippen LogP contribution in [0.2, 0.25) is 0 Å². The van der Waals surface area contributed by atoms with Gasteiger partial charge in [0.1, 0.15) is 6.61 Å². The third kappa shape index (κ3) is 12.9. The second kappa shape index (κ2) is 10.6. The highest BCUT2D eigenvalue weighted by molar-refractivity contribution is 5.66. The van der Waals surface area contributed by atoms with Gasteiger partial charge >= 0.3 is 5.97 Å². The first-order valence-electron chi connectivity index (χ1n) is 6.99. The molecule has 0 aliphatic carbocycles. The molecule has 0 amide bonds. The lowest BCUT2D eigenvalue weighted by Crippen LogP contribution is -1.98. The summed E-state index contributed by atoms with van der Waals surface area (Å²) in [7, 11) is 0. The first-order valence-corrected chi connectivity index (χ1v) is 6.99. The maximum Gasteiger partial charge on any atom is 0.302 e. The SMILES string of the molecule is CC(=O)OC/C=C(/C)CC/C=C(/C)CCC=C(C)C. The lowest BCUT2D eigenvalue weighted by Gasteiger charge is -2.02. The van der Waals surface area contributed by atoms with E-state index in [0.29, 0.717) is 6.61 Å². The number of ether oxygens (including phenoxy) is 1. The van der Waals surface area contributed by atoms with Crippen molar-refractivity contribution in [1.82, 2.24) is 0 Å². The average molecular weight is 264 g/mol. The molecule has 19 heavy (non-hydrogen) atoms. The Bertz CT molecular complexity index is 355. The second-order valence-corrected chi connectivity index (χ2v) is 5.26. The van der Waals surface area contributed by atoms with Crippen LogP contribution in [0.15, 0.2) is 34.9 Å². The highest BCUT2D eigenvalue weighted by Crippen LogP contribution is 2.11. The van der Waals surface area contributed by atoms with Crippen LogP contribution >= 0.6 is 0 Å². The fourth-order valence-electron chi connectivity index (χ4n) is 1.64. The highest BCUT2D eigenvalue weighted by atomic mass is 16.5. The molecular formula is C17H28O2. The molecule has 0 aromatic rings. The molecule has 0 radical (unpaired) electrons. The van der Waals surface area contributed by atoms with Crippen LogP contribution in [0.5, 0.6) is 0 Å². The number of hydrogen-bond donors (Lipinski definition) is 0. The van der Waals surface area contributed by atoms with Crippen LogP contribution in [0.4, 0.5) is 0 Å². The fraction of sp³-hybridized carbons (Fsp3) is 0.588. The number of carbonyl (C=O) groups excluding carboxylic acids is 1. The zero-order valence-corrected chi connectivity index (χ0v) is 13.1. The van der Waals surface area contributed by atoms with Crippen LogP contribution < -0.4 is 0 Å². The van der Waals surface area contributed by atoms with Gasteiger partial charge in [-0.25, -0.2) is 0 Å². The molecule has 0 fully saturated rings. The summed E-state index contributed by atoms with van der Waals surface area (Å²) in [5, 5.41) is 0. The van der Waals surface area contributed by atoms with Crippen LogP contribution in [0.25, 0.3) is 0 Å². The normalized spacial score (nSPS) is 12.3. The van der Waals surface area contributed by atoms with Gasteiger partial charge < -0.3 is 4.74 Å². The summed E-state index contributed by atoms with van der Waals surface area (Å²) in [6, 6.07) is 0. The van der Waals surface area contributed by atoms with Crippen LogP contribution in [0, 0.1) is 0 Å². The molecule has 0 rings (SSSR count). The fourth-order valence-corrected chi connectivity index (χ4v) is 1.64. The van der Waals surface area contributed by atoms with Crippen molar-refractivity contribution in [1.29, 1.82) is 0 Å². The van der Waals surface area contributed by atoms with E-state index in [1.54, 1.807) is 0 Å². The van der Waals surface area contributed by atoms with E-state index >= 15 is 0 Å². The highest BCUT2D eigenvalue weighted by Gasteiger charge is 1.93. The lowest BCUT2D eigenvalue weighted by atomic mass is 10.1. The van der Waals surface area contributed by atoms with Crippen molar-refractivity contribution in [2.75, 3.05) is 6.61 Å². The second-order valence-electron chi connectivity index (χ2n) is 5.26. The lowest BCUT2D eigenvalue weighted by molar-refractivity contribution is -0.139. The molecule has 0 aromatic heterocycles. The van der Waals surface area contributed by atoms with Crippen molar-refractivity contribution in [3.8, 4) is 0 Å². The van der Waals surface area contributed by atoms with Crippen LogP contribution in [-0.2, 0) is 9.53 Å². The third-order valence-corrected chi connectivity index (χ3v) is 2.84. The van der Waals surface area contributed by atoms with E-state index in [1.165, 1.54) is 23.6 Å². The molecule has 2 nitrogen and oxygen atoms in total. The zero-order valence-electron chi connectivity index (χ0n) is 13.1. The van der Waals surface area contributed by atoms with E-state index in [9.17, 15) is 4.79 Å². The topological polar surface area (TPSA) is 26.3 Å². The Morgan fingerprint density at radius 3 is 1.89 bits per heavy atom. The van der Waals surface area contributed by atoms with Crippen molar-refractivity contribution in [2.45, 2.75) is 60.3 Å².